The SMILES string of the molecule is COc1ccc(C(C)(C)C)cc1C(=O)/C=C/c1ccc(O)c(CN(C)C)c1. The van der Waals surface area contributed by atoms with Gasteiger partial charge in [0.15, 0.2) is 5.78 Å². The summed E-state index contributed by atoms with van der Waals surface area (Å²) >= 11 is 0. The average molecular weight is 367 g/mol. The first-order valence-corrected chi connectivity index (χ1v) is 8.99. The van der Waals surface area contributed by atoms with Crippen molar-refractivity contribution in [1.82, 2.24) is 4.90 Å². The lowest BCUT2D eigenvalue weighted by atomic mass is 9.85. The highest BCUT2D eigenvalue weighted by Crippen LogP contribution is 2.28. The minimum atomic E-state index is -0.111. The smallest absolute Gasteiger partial charge is 0.189 e. The first-order valence-electron chi connectivity index (χ1n) is 8.99. The lowest BCUT2D eigenvalue weighted by molar-refractivity contribution is 0.104. The van der Waals surface area contributed by atoms with E-state index in [9.17, 15) is 9.90 Å². The van der Waals surface area contributed by atoms with Crippen molar-refractivity contribution in [2.75, 3.05) is 21.2 Å². The summed E-state index contributed by atoms with van der Waals surface area (Å²) in [6.07, 6.45) is 3.32. The van der Waals surface area contributed by atoms with E-state index in [1.165, 1.54) is 0 Å². The Bertz CT molecular complexity index is 845. The molecule has 2 aromatic carbocycles. The van der Waals surface area contributed by atoms with Crippen LogP contribution in [-0.4, -0.2) is 37.0 Å². The van der Waals surface area contributed by atoms with Gasteiger partial charge in [0, 0.05) is 12.1 Å². The molecule has 4 nitrogen and oxygen atoms in total. The molecular formula is C23H29NO3. The molecule has 0 unspecified atom stereocenters. The second kappa shape index (κ2) is 8.40. The van der Waals surface area contributed by atoms with E-state index >= 15 is 0 Å². The number of phenols is 1. The lowest BCUT2D eigenvalue weighted by Crippen LogP contribution is -2.12. The monoisotopic (exact) mass is 367 g/mol. The summed E-state index contributed by atoms with van der Waals surface area (Å²) in [7, 11) is 5.46. The van der Waals surface area contributed by atoms with Gasteiger partial charge in [0.25, 0.3) is 0 Å². The number of methoxy groups -OCH3 is 1. The van der Waals surface area contributed by atoms with Crippen LogP contribution in [0.1, 0.15) is 47.8 Å². The summed E-state index contributed by atoms with van der Waals surface area (Å²) in [5, 5.41) is 9.98. The molecule has 0 heterocycles. The van der Waals surface area contributed by atoms with Crippen molar-refractivity contribution in [2.45, 2.75) is 32.7 Å². The van der Waals surface area contributed by atoms with E-state index in [0.29, 0.717) is 17.9 Å². The number of rotatable bonds is 6. The molecule has 0 aliphatic carbocycles. The van der Waals surface area contributed by atoms with Crippen molar-refractivity contribution in [3.05, 3.63) is 64.7 Å². The van der Waals surface area contributed by atoms with E-state index in [4.69, 9.17) is 4.74 Å². The maximum Gasteiger partial charge on any atom is 0.189 e. The van der Waals surface area contributed by atoms with Gasteiger partial charge >= 0.3 is 0 Å². The summed E-state index contributed by atoms with van der Waals surface area (Å²) < 4.78 is 5.37. The number of hydrogen-bond acceptors (Lipinski definition) is 4. The number of carbonyl (C=O) groups is 1. The van der Waals surface area contributed by atoms with Crippen LogP contribution in [0.25, 0.3) is 6.08 Å². The molecular weight excluding hydrogens is 338 g/mol. The van der Waals surface area contributed by atoms with Gasteiger partial charge in [0.05, 0.1) is 12.7 Å². The number of ketones is 1. The Morgan fingerprint density at radius 3 is 2.44 bits per heavy atom. The number of hydrogen-bond donors (Lipinski definition) is 1. The van der Waals surface area contributed by atoms with Crippen molar-refractivity contribution in [3.63, 3.8) is 0 Å². The molecule has 0 aromatic heterocycles. The Balaban J connectivity index is 2.31. The molecule has 0 atom stereocenters. The van der Waals surface area contributed by atoms with Crippen molar-refractivity contribution in [1.29, 1.82) is 0 Å². The molecule has 0 bridgehead atoms. The summed E-state index contributed by atoms with van der Waals surface area (Å²) in [4.78, 5) is 14.8. The molecule has 1 N–H and O–H groups in total. The molecule has 0 aliphatic heterocycles. The van der Waals surface area contributed by atoms with Crippen LogP contribution in [0.2, 0.25) is 0 Å². The van der Waals surface area contributed by atoms with E-state index in [1.54, 1.807) is 31.4 Å². The van der Waals surface area contributed by atoms with Gasteiger partial charge in [-0.05, 0) is 61.0 Å². The van der Waals surface area contributed by atoms with E-state index in [2.05, 4.69) is 20.8 Å². The lowest BCUT2D eigenvalue weighted by Gasteiger charge is -2.20. The second-order valence-electron chi connectivity index (χ2n) is 7.99. The Labute approximate surface area is 162 Å². The van der Waals surface area contributed by atoms with Gasteiger partial charge in [-0.3, -0.25) is 4.79 Å². The summed E-state index contributed by atoms with van der Waals surface area (Å²) in [6.45, 7) is 6.97. The zero-order valence-electron chi connectivity index (χ0n) is 17.0. The van der Waals surface area contributed by atoms with Gasteiger partial charge in [-0.2, -0.15) is 0 Å². The third-order valence-corrected chi connectivity index (χ3v) is 4.35. The van der Waals surface area contributed by atoms with Crippen molar-refractivity contribution < 1.29 is 14.6 Å². The minimum Gasteiger partial charge on any atom is -0.508 e. The number of phenolic OH excluding ortho intramolecular Hbond substituents is 1. The van der Waals surface area contributed by atoms with Crippen LogP contribution in [0.4, 0.5) is 0 Å². The fourth-order valence-electron chi connectivity index (χ4n) is 2.81. The largest absolute Gasteiger partial charge is 0.508 e. The van der Waals surface area contributed by atoms with Crippen LogP contribution < -0.4 is 4.74 Å². The highest BCUT2D eigenvalue weighted by Gasteiger charge is 2.18. The number of carbonyl (C=O) groups excluding carboxylic acids is 1. The zero-order chi connectivity index (χ0) is 20.2. The fourth-order valence-corrected chi connectivity index (χ4v) is 2.81. The van der Waals surface area contributed by atoms with Crippen LogP contribution in [0.5, 0.6) is 11.5 Å². The molecule has 144 valence electrons. The maximum absolute atomic E-state index is 12.8. The van der Waals surface area contributed by atoms with E-state index in [1.807, 2.05) is 43.3 Å². The quantitative estimate of drug-likeness (QED) is 0.596. The molecule has 2 rings (SSSR count). The number of benzene rings is 2. The molecule has 0 saturated heterocycles. The third kappa shape index (κ3) is 5.44. The Morgan fingerprint density at radius 1 is 1.15 bits per heavy atom. The highest BCUT2D eigenvalue weighted by molar-refractivity contribution is 6.08. The van der Waals surface area contributed by atoms with Crippen molar-refractivity contribution in [3.8, 4) is 11.5 Å². The molecule has 27 heavy (non-hydrogen) atoms. The Hall–Kier alpha value is -2.59. The predicted molar refractivity (Wildman–Crippen MR) is 111 cm³/mol. The zero-order valence-corrected chi connectivity index (χ0v) is 17.0. The van der Waals surface area contributed by atoms with Crippen LogP contribution >= 0.6 is 0 Å². The van der Waals surface area contributed by atoms with Crippen LogP contribution in [0, 0.1) is 0 Å². The van der Waals surface area contributed by atoms with Crippen molar-refractivity contribution in [2.24, 2.45) is 0 Å². The van der Waals surface area contributed by atoms with Gasteiger partial charge in [0.1, 0.15) is 11.5 Å². The Kier molecular flexibility index (Phi) is 6.45. The van der Waals surface area contributed by atoms with Crippen molar-refractivity contribution >= 4 is 11.9 Å². The first kappa shape index (κ1) is 20.7. The van der Waals surface area contributed by atoms with Gasteiger partial charge in [-0.15, -0.1) is 0 Å². The van der Waals surface area contributed by atoms with Gasteiger partial charge in [-0.1, -0.05) is 39.0 Å². The summed E-state index contributed by atoms with van der Waals surface area (Å²) in [5.74, 6) is 0.712. The van der Waals surface area contributed by atoms with E-state index in [0.717, 1.165) is 16.7 Å². The van der Waals surface area contributed by atoms with Crippen LogP contribution in [-0.2, 0) is 12.0 Å². The van der Waals surface area contributed by atoms with Crippen LogP contribution in [0.15, 0.2) is 42.5 Å². The molecule has 0 saturated carbocycles. The molecule has 0 fully saturated rings. The fraction of sp³-hybridized carbons (Fsp3) is 0.348. The molecule has 0 radical (unpaired) electrons. The highest BCUT2D eigenvalue weighted by atomic mass is 16.5. The molecule has 0 aliphatic rings. The second-order valence-corrected chi connectivity index (χ2v) is 7.99. The molecule has 0 spiro atoms. The standard InChI is InChI=1S/C23H29NO3/c1-23(2,3)18-9-12-22(27-6)19(14-18)21(26)11-8-16-7-10-20(25)17(13-16)15-24(4)5/h7-14,25H,15H2,1-6H3/b11-8+. The van der Waals surface area contributed by atoms with Gasteiger partial charge in [-0.25, -0.2) is 0 Å². The minimum absolute atomic E-state index is 0.0525. The van der Waals surface area contributed by atoms with Gasteiger partial charge < -0.3 is 14.7 Å². The summed E-state index contributed by atoms with van der Waals surface area (Å²) in [5.41, 5.74) is 3.26. The van der Waals surface area contributed by atoms with E-state index < -0.39 is 0 Å². The average Bonchev–Trinajstić information content (AvgIpc) is 2.60. The number of ether oxygens (including phenoxy) is 1. The number of nitrogens with zero attached hydrogens (tertiary/aromatic N) is 1. The number of aromatic hydroxyl groups is 1. The summed E-state index contributed by atoms with van der Waals surface area (Å²) in [6, 6.07) is 11.1. The maximum atomic E-state index is 12.8. The Morgan fingerprint density at radius 2 is 1.85 bits per heavy atom. The molecule has 4 heteroatoms. The number of allylic oxidation sites excluding steroid dienone is 1. The predicted octanol–water partition coefficient (Wildman–Crippen LogP) is 4.66. The van der Waals surface area contributed by atoms with Gasteiger partial charge in [0.2, 0.25) is 0 Å². The molecule has 0 amide bonds. The first-order chi connectivity index (χ1) is 12.6. The third-order valence-electron chi connectivity index (χ3n) is 4.35. The molecule has 2 aromatic rings. The normalized spacial score (nSPS) is 12.0. The van der Waals surface area contributed by atoms with Crippen LogP contribution in [0.3, 0.4) is 0 Å². The van der Waals surface area contributed by atoms with E-state index in [-0.39, 0.29) is 16.9 Å². The topological polar surface area (TPSA) is 49.8 Å².